The van der Waals surface area contributed by atoms with E-state index in [1.54, 1.807) is 19.1 Å². The number of ether oxygens (including phenoxy) is 1. The van der Waals surface area contributed by atoms with Gasteiger partial charge in [-0.25, -0.2) is 5.43 Å². The molecule has 2 aromatic carbocycles. The molecule has 1 N–H and O–H groups in total. The fraction of sp³-hybridized carbons (Fsp3) is 0.222. The minimum Gasteiger partial charge on any atom is -0.493 e. The highest BCUT2D eigenvalue weighted by atomic mass is 16.6. The Bertz CT molecular complexity index is 802. The molecule has 0 bridgehead atoms. The van der Waals surface area contributed by atoms with E-state index in [9.17, 15) is 14.9 Å². The number of nitro groups is 1. The SMILES string of the molecule is C/C(=N\NC(=O)CCOc1ccccc1C)c1cccc([N+](=O)[O-])c1. The summed E-state index contributed by atoms with van der Waals surface area (Å²) in [6.45, 7) is 3.84. The largest absolute Gasteiger partial charge is 0.493 e. The Labute approximate surface area is 145 Å². The smallest absolute Gasteiger partial charge is 0.270 e. The van der Waals surface area contributed by atoms with Crippen molar-refractivity contribution in [2.45, 2.75) is 20.3 Å². The van der Waals surface area contributed by atoms with Crippen LogP contribution >= 0.6 is 0 Å². The Hall–Kier alpha value is -3.22. The van der Waals surface area contributed by atoms with E-state index in [0.717, 1.165) is 11.3 Å². The van der Waals surface area contributed by atoms with Crippen LogP contribution in [-0.2, 0) is 4.79 Å². The predicted molar refractivity (Wildman–Crippen MR) is 94.7 cm³/mol. The van der Waals surface area contributed by atoms with Crippen LogP contribution in [0.3, 0.4) is 0 Å². The molecule has 0 saturated carbocycles. The summed E-state index contributed by atoms with van der Waals surface area (Å²) in [7, 11) is 0. The Morgan fingerprint density at radius 3 is 2.72 bits per heavy atom. The van der Waals surface area contributed by atoms with E-state index in [1.165, 1.54) is 12.1 Å². The number of carbonyl (C=O) groups excluding carboxylic acids is 1. The van der Waals surface area contributed by atoms with Crippen LogP contribution in [0.1, 0.15) is 24.5 Å². The van der Waals surface area contributed by atoms with Crippen molar-refractivity contribution < 1.29 is 14.5 Å². The molecular formula is C18H19N3O4. The van der Waals surface area contributed by atoms with Gasteiger partial charge in [-0.1, -0.05) is 30.3 Å². The van der Waals surface area contributed by atoms with Crippen molar-refractivity contribution in [1.82, 2.24) is 5.43 Å². The first-order valence-corrected chi connectivity index (χ1v) is 7.74. The maximum Gasteiger partial charge on any atom is 0.270 e. The molecular weight excluding hydrogens is 322 g/mol. The molecule has 25 heavy (non-hydrogen) atoms. The van der Waals surface area contributed by atoms with Gasteiger partial charge in [0.1, 0.15) is 5.75 Å². The summed E-state index contributed by atoms with van der Waals surface area (Å²) in [5, 5.41) is 14.8. The number of para-hydroxylation sites is 1. The molecule has 0 aromatic heterocycles. The van der Waals surface area contributed by atoms with E-state index < -0.39 is 4.92 Å². The van der Waals surface area contributed by atoms with E-state index >= 15 is 0 Å². The van der Waals surface area contributed by atoms with Gasteiger partial charge in [0.25, 0.3) is 5.69 Å². The second-order valence-corrected chi connectivity index (χ2v) is 5.40. The van der Waals surface area contributed by atoms with E-state index in [0.29, 0.717) is 11.3 Å². The lowest BCUT2D eigenvalue weighted by Gasteiger charge is -2.08. The minimum absolute atomic E-state index is 0.0231. The predicted octanol–water partition coefficient (Wildman–Crippen LogP) is 3.21. The van der Waals surface area contributed by atoms with Crippen LogP contribution in [-0.4, -0.2) is 23.1 Å². The van der Waals surface area contributed by atoms with Crippen molar-refractivity contribution in [2.24, 2.45) is 5.10 Å². The summed E-state index contributed by atoms with van der Waals surface area (Å²) < 4.78 is 5.56. The quantitative estimate of drug-likeness (QED) is 0.475. The Morgan fingerprint density at radius 2 is 2.00 bits per heavy atom. The van der Waals surface area contributed by atoms with Gasteiger partial charge in [0.15, 0.2) is 0 Å². The molecule has 7 nitrogen and oxygen atoms in total. The molecule has 0 spiro atoms. The molecule has 1 amide bonds. The van der Waals surface area contributed by atoms with Gasteiger partial charge in [0.05, 0.1) is 23.7 Å². The third-order valence-corrected chi connectivity index (χ3v) is 3.50. The number of aryl methyl sites for hydroxylation is 1. The Kier molecular flexibility index (Phi) is 6.22. The lowest BCUT2D eigenvalue weighted by Crippen LogP contribution is -2.21. The Morgan fingerprint density at radius 1 is 1.24 bits per heavy atom. The van der Waals surface area contributed by atoms with Crippen LogP contribution in [0.2, 0.25) is 0 Å². The van der Waals surface area contributed by atoms with E-state index in [2.05, 4.69) is 10.5 Å². The summed E-state index contributed by atoms with van der Waals surface area (Å²) in [5.41, 5.74) is 4.47. The maximum absolute atomic E-state index is 11.8. The van der Waals surface area contributed by atoms with E-state index in [1.807, 2.05) is 31.2 Å². The van der Waals surface area contributed by atoms with Gasteiger partial charge in [-0.3, -0.25) is 14.9 Å². The topological polar surface area (TPSA) is 93.8 Å². The van der Waals surface area contributed by atoms with Crippen LogP contribution in [0.15, 0.2) is 53.6 Å². The fourth-order valence-electron chi connectivity index (χ4n) is 2.08. The number of nitro benzene ring substituents is 1. The second-order valence-electron chi connectivity index (χ2n) is 5.40. The fourth-order valence-corrected chi connectivity index (χ4v) is 2.08. The van der Waals surface area contributed by atoms with Crippen LogP contribution in [0, 0.1) is 17.0 Å². The average molecular weight is 341 g/mol. The van der Waals surface area contributed by atoms with E-state index in [-0.39, 0.29) is 24.6 Å². The highest BCUT2D eigenvalue weighted by Crippen LogP contribution is 2.16. The number of rotatable bonds is 7. The van der Waals surface area contributed by atoms with Gasteiger partial charge in [-0.05, 0) is 25.5 Å². The molecule has 2 aromatic rings. The third kappa shape index (κ3) is 5.42. The van der Waals surface area contributed by atoms with Crippen LogP contribution in [0.4, 0.5) is 5.69 Å². The van der Waals surface area contributed by atoms with Crippen LogP contribution < -0.4 is 10.2 Å². The molecule has 0 unspecified atom stereocenters. The van der Waals surface area contributed by atoms with Gasteiger partial charge in [0, 0.05) is 17.7 Å². The first kappa shape index (κ1) is 18.1. The highest BCUT2D eigenvalue weighted by molar-refractivity contribution is 5.99. The van der Waals surface area contributed by atoms with Crippen LogP contribution in [0.25, 0.3) is 0 Å². The molecule has 0 saturated heterocycles. The van der Waals surface area contributed by atoms with Crippen molar-refractivity contribution in [3.63, 3.8) is 0 Å². The number of benzene rings is 2. The summed E-state index contributed by atoms with van der Waals surface area (Å²) in [5.74, 6) is 0.449. The standard InChI is InChI=1S/C18H19N3O4/c1-13-6-3-4-9-17(13)25-11-10-18(22)20-19-14(2)15-7-5-8-16(12-15)21(23)24/h3-9,12H,10-11H2,1-2H3,(H,20,22)/b19-14+. The van der Waals surface area contributed by atoms with Crippen molar-refractivity contribution in [1.29, 1.82) is 0 Å². The summed E-state index contributed by atoms with van der Waals surface area (Å²) in [4.78, 5) is 22.1. The molecule has 0 fully saturated rings. The first-order chi connectivity index (χ1) is 12.0. The molecule has 0 aliphatic carbocycles. The number of amides is 1. The number of nitrogens with one attached hydrogen (secondary N) is 1. The van der Waals surface area contributed by atoms with Gasteiger partial charge < -0.3 is 4.74 Å². The van der Waals surface area contributed by atoms with Crippen molar-refractivity contribution in [3.05, 3.63) is 69.8 Å². The number of non-ortho nitro benzene ring substituents is 1. The third-order valence-electron chi connectivity index (χ3n) is 3.50. The molecule has 2 rings (SSSR count). The van der Waals surface area contributed by atoms with Crippen LogP contribution in [0.5, 0.6) is 5.75 Å². The van der Waals surface area contributed by atoms with Crippen molar-refractivity contribution in [3.8, 4) is 5.75 Å². The van der Waals surface area contributed by atoms with E-state index in [4.69, 9.17) is 4.74 Å². The molecule has 0 atom stereocenters. The number of hydrazone groups is 1. The minimum atomic E-state index is -0.474. The number of hydrogen-bond acceptors (Lipinski definition) is 5. The summed E-state index contributed by atoms with van der Waals surface area (Å²) in [6.07, 6.45) is 0.153. The maximum atomic E-state index is 11.8. The zero-order valence-corrected chi connectivity index (χ0v) is 14.1. The molecule has 0 heterocycles. The first-order valence-electron chi connectivity index (χ1n) is 7.74. The van der Waals surface area contributed by atoms with Gasteiger partial charge >= 0.3 is 0 Å². The average Bonchev–Trinajstić information content (AvgIpc) is 2.61. The van der Waals surface area contributed by atoms with Gasteiger partial charge in [0.2, 0.25) is 5.91 Å². The Balaban J connectivity index is 1.86. The monoisotopic (exact) mass is 341 g/mol. The lowest BCUT2D eigenvalue weighted by molar-refractivity contribution is -0.384. The molecule has 0 aliphatic heterocycles. The summed E-state index contributed by atoms with van der Waals surface area (Å²) >= 11 is 0. The highest BCUT2D eigenvalue weighted by Gasteiger charge is 2.08. The summed E-state index contributed by atoms with van der Waals surface area (Å²) in [6, 6.07) is 13.6. The number of nitrogens with zero attached hydrogens (tertiary/aromatic N) is 2. The number of hydrogen-bond donors (Lipinski definition) is 1. The zero-order valence-electron chi connectivity index (χ0n) is 14.1. The van der Waals surface area contributed by atoms with Crippen molar-refractivity contribution in [2.75, 3.05) is 6.61 Å². The molecule has 130 valence electrons. The van der Waals surface area contributed by atoms with Crippen molar-refractivity contribution >= 4 is 17.3 Å². The normalized spacial score (nSPS) is 11.0. The van der Waals surface area contributed by atoms with Gasteiger partial charge in [-0.15, -0.1) is 0 Å². The number of carbonyl (C=O) groups is 1. The molecule has 7 heteroatoms. The molecule has 0 radical (unpaired) electrons. The second kappa shape index (κ2) is 8.58. The van der Waals surface area contributed by atoms with Gasteiger partial charge in [-0.2, -0.15) is 5.10 Å². The zero-order chi connectivity index (χ0) is 18.2. The molecule has 0 aliphatic rings. The lowest BCUT2D eigenvalue weighted by atomic mass is 10.1.